The Morgan fingerprint density at radius 1 is 1.29 bits per heavy atom. The van der Waals surface area contributed by atoms with Crippen molar-refractivity contribution in [3.63, 3.8) is 0 Å². The van der Waals surface area contributed by atoms with Crippen LogP contribution in [-0.2, 0) is 4.74 Å². The van der Waals surface area contributed by atoms with Crippen molar-refractivity contribution < 1.29 is 40.9 Å². The number of alkyl halides is 5. The molecular formula is C25H31F5N8O4. The van der Waals surface area contributed by atoms with Gasteiger partial charge in [-0.3, -0.25) is 4.79 Å². The highest BCUT2D eigenvalue weighted by Crippen LogP contribution is 2.44. The molecule has 4 rings (SSSR count). The van der Waals surface area contributed by atoms with Gasteiger partial charge in [0.15, 0.2) is 11.3 Å². The summed E-state index contributed by atoms with van der Waals surface area (Å²) < 4.78 is 80.6. The first-order valence-electron chi connectivity index (χ1n) is 13.0. The molecule has 1 saturated heterocycles. The number of halogens is 5. The highest BCUT2D eigenvalue weighted by molar-refractivity contribution is 5.93. The van der Waals surface area contributed by atoms with E-state index in [1.807, 2.05) is 0 Å². The number of rotatable bonds is 10. The molecule has 1 aliphatic heterocycles. The Labute approximate surface area is 236 Å². The predicted molar refractivity (Wildman–Crippen MR) is 136 cm³/mol. The third-order valence-corrected chi connectivity index (χ3v) is 7.25. The second kappa shape index (κ2) is 11.4. The van der Waals surface area contributed by atoms with Gasteiger partial charge < -0.3 is 20.3 Å². The van der Waals surface area contributed by atoms with E-state index in [9.17, 15) is 31.5 Å². The van der Waals surface area contributed by atoms with Gasteiger partial charge in [0.05, 0.1) is 55.3 Å². The number of fused-ring (bicyclic) bond motifs is 1. The molecule has 3 atom stereocenters. The number of methoxy groups -OCH3 is 1. The SMILES string of the molecule is COC[C@H](c1cnn2cc([C@@H](NC(=O)c3nonc3C)[C@@H](C)CC(C)(C)C(F)(F)F)nc2c1)N1CC(F)(F)CNC1=O. The summed E-state index contributed by atoms with van der Waals surface area (Å²) in [6.07, 6.45) is -2.07. The van der Waals surface area contributed by atoms with Gasteiger partial charge in [-0.25, -0.2) is 27.7 Å². The molecular weight excluding hydrogens is 571 g/mol. The standard InChI is InChI=1S/C25H31F5N8O4/c1-13(7-23(3,4)25(28,29)30)19(34-21(39)20-14(2)35-42-36-20)16-9-38-18(33-16)6-15(8-32-38)17(10-41-5)37-12-24(26,27)11-31-22(37)40/h6,8-9,13,17,19H,7,10-12H2,1-5H3,(H,31,40)(H,34,39)/t13-,17+,19-/m0/s1. The first-order valence-corrected chi connectivity index (χ1v) is 13.0. The van der Waals surface area contributed by atoms with Gasteiger partial charge in [-0.05, 0) is 30.5 Å². The zero-order chi connectivity index (χ0) is 31.0. The molecule has 17 heteroatoms. The second-order valence-electron chi connectivity index (χ2n) is 11.1. The zero-order valence-electron chi connectivity index (χ0n) is 23.5. The van der Waals surface area contributed by atoms with E-state index >= 15 is 0 Å². The quantitative estimate of drug-likeness (QED) is 0.334. The summed E-state index contributed by atoms with van der Waals surface area (Å²) in [5.74, 6) is -4.67. The van der Waals surface area contributed by atoms with Crippen molar-refractivity contribution in [2.75, 3.05) is 26.8 Å². The zero-order valence-corrected chi connectivity index (χ0v) is 23.5. The number of ether oxygens (including phenoxy) is 1. The molecule has 0 saturated carbocycles. The van der Waals surface area contributed by atoms with Gasteiger partial charge >= 0.3 is 12.2 Å². The van der Waals surface area contributed by atoms with Crippen LogP contribution in [0.5, 0.6) is 0 Å². The Morgan fingerprint density at radius 3 is 2.62 bits per heavy atom. The van der Waals surface area contributed by atoms with Crippen LogP contribution in [0.2, 0.25) is 0 Å². The molecule has 3 aromatic heterocycles. The number of amides is 3. The number of aryl methyl sites for hydroxylation is 1. The molecule has 1 fully saturated rings. The van der Waals surface area contributed by atoms with Gasteiger partial charge in [-0.15, -0.1) is 0 Å². The van der Waals surface area contributed by atoms with Gasteiger partial charge in [0, 0.05) is 12.7 Å². The number of carbonyl (C=O) groups excluding carboxylic acids is 2. The number of nitrogens with one attached hydrogen (secondary N) is 2. The Morgan fingerprint density at radius 2 is 2.00 bits per heavy atom. The van der Waals surface area contributed by atoms with Gasteiger partial charge in [0.2, 0.25) is 0 Å². The number of imidazole rings is 1. The summed E-state index contributed by atoms with van der Waals surface area (Å²) in [4.78, 5) is 30.9. The fourth-order valence-electron chi connectivity index (χ4n) is 4.89. The highest BCUT2D eigenvalue weighted by atomic mass is 19.4. The van der Waals surface area contributed by atoms with Crippen molar-refractivity contribution in [3.05, 3.63) is 41.1 Å². The lowest BCUT2D eigenvalue weighted by Crippen LogP contribution is -2.58. The maximum Gasteiger partial charge on any atom is 0.393 e. The van der Waals surface area contributed by atoms with E-state index in [0.29, 0.717) is 5.56 Å². The van der Waals surface area contributed by atoms with Crippen LogP contribution in [0, 0.1) is 18.3 Å². The number of urea groups is 1. The molecule has 0 bridgehead atoms. The molecule has 0 unspecified atom stereocenters. The molecule has 2 N–H and O–H groups in total. The van der Waals surface area contributed by atoms with Gasteiger partial charge in [-0.1, -0.05) is 25.9 Å². The third kappa shape index (κ3) is 6.44. The second-order valence-corrected chi connectivity index (χ2v) is 11.1. The van der Waals surface area contributed by atoms with E-state index in [1.165, 1.54) is 37.0 Å². The first kappa shape index (κ1) is 31.1. The van der Waals surface area contributed by atoms with Crippen LogP contribution >= 0.6 is 0 Å². The monoisotopic (exact) mass is 602 g/mol. The number of hydrogen-bond donors (Lipinski definition) is 2. The predicted octanol–water partition coefficient (Wildman–Crippen LogP) is 3.85. The molecule has 12 nitrogen and oxygen atoms in total. The van der Waals surface area contributed by atoms with E-state index in [2.05, 4.69) is 35.7 Å². The van der Waals surface area contributed by atoms with Gasteiger partial charge in [0.1, 0.15) is 5.69 Å². The van der Waals surface area contributed by atoms with E-state index in [1.54, 1.807) is 6.92 Å². The van der Waals surface area contributed by atoms with Crippen LogP contribution in [0.4, 0.5) is 26.7 Å². The summed E-state index contributed by atoms with van der Waals surface area (Å²) in [5.41, 5.74) is -1.30. The summed E-state index contributed by atoms with van der Waals surface area (Å²) in [7, 11) is 1.36. The minimum Gasteiger partial charge on any atom is -0.382 e. The molecule has 4 heterocycles. The summed E-state index contributed by atoms with van der Waals surface area (Å²) in [6.45, 7) is 3.44. The Bertz CT molecular complexity index is 1440. The molecule has 0 aliphatic carbocycles. The lowest BCUT2D eigenvalue weighted by atomic mass is 9.79. The fraction of sp³-hybridized carbons (Fsp3) is 0.600. The number of aromatic nitrogens is 5. The summed E-state index contributed by atoms with van der Waals surface area (Å²) in [5, 5.41) is 16.3. The van der Waals surface area contributed by atoms with Crippen LogP contribution in [-0.4, -0.2) is 80.7 Å². The van der Waals surface area contributed by atoms with E-state index in [0.717, 1.165) is 18.7 Å². The van der Waals surface area contributed by atoms with Crippen LogP contribution in [0.3, 0.4) is 0 Å². The number of hydrogen-bond acceptors (Lipinski definition) is 8. The van der Waals surface area contributed by atoms with Crippen molar-refractivity contribution in [1.29, 1.82) is 0 Å². The average molecular weight is 603 g/mol. The van der Waals surface area contributed by atoms with Crippen molar-refractivity contribution >= 4 is 17.6 Å². The van der Waals surface area contributed by atoms with E-state index in [4.69, 9.17) is 4.74 Å². The van der Waals surface area contributed by atoms with Crippen LogP contribution in [0.1, 0.15) is 66.7 Å². The van der Waals surface area contributed by atoms with Crippen molar-refractivity contribution in [1.82, 2.24) is 40.4 Å². The molecule has 230 valence electrons. The summed E-state index contributed by atoms with van der Waals surface area (Å²) >= 11 is 0. The minimum absolute atomic E-state index is 0.123. The van der Waals surface area contributed by atoms with Crippen LogP contribution in [0.15, 0.2) is 23.1 Å². The smallest absolute Gasteiger partial charge is 0.382 e. The maximum atomic E-state index is 14.1. The van der Waals surface area contributed by atoms with Gasteiger partial charge in [-0.2, -0.15) is 18.3 Å². The Balaban J connectivity index is 1.70. The highest BCUT2D eigenvalue weighted by Gasteiger charge is 2.49. The topological polar surface area (TPSA) is 140 Å². The van der Waals surface area contributed by atoms with Crippen LogP contribution < -0.4 is 10.6 Å². The molecule has 3 amide bonds. The van der Waals surface area contributed by atoms with Crippen molar-refractivity contribution in [3.8, 4) is 0 Å². The summed E-state index contributed by atoms with van der Waals surface area (Å²) in [6, 6.07) is -1.16. The molecule has 3 aromatic rings. The normalized spacial score (nSPS) is 18.0. The molecule has 0 radical (unpaired) electrons. The van der Waals surface area contributed by atoms with Crippen LogP contribution in [0.25, 0.3) is 5.65 Å². The first-order chi connectivity index (χ1) is 19.5. The Hall–Kier alpha value is -3.89. The fourth-order valence-corrected chi connectivity index (χ4v) is 4.89. The number of nitrogens with zero attached hydrogens (tertiary/aromatic N) is 6. The van der Waals surface area contributed by atoms with Gasteiger partial charge in [0.25, 0.3) is 11.8 Å². The maximum absolute atomic E-state index is 14.1. The minimum atomic E-state index is -4.51. The molecule has 0 spiro atoms. The van der Waals surface area contributed by atoms with E-state index in [-0.39, 0.29) is 35.8 Å². The molecule has 1 aliphatic rings. The van der Waals surface area contributed by atoms with Crippen molar-refractivity contribution in [2.45, 2.75) is 58.3 Å². The van der Waals surface area contributed by atoms with Crippen molar-refractivity contribution in [2.24, 2.45) is 11.3 Å². The Kier molecular flexibility index (Phi) is 8.44. The lowest BCUT2D eigenvalue weighted by molar-refractivity contribution is -0.217. The molecule has 0 aromatic carbocycles. The number of carbonyl (C=O) groups is 2. The lowest BCUT2D eigenvalue weighted by Gasteiger charge is -2.38. The average Bonchev–Trinajstić information content (AvgIpc) is 3.51. The van der Waals surface area contributed by atoms with E-state index < -0.39 is 60.5 Å². The molecule has 42 heavy (non-hydrogen) atoms. The largest absolute Gasteiger partial charge is 0.393 e. The third-order valence-electron chi connectivity index (χ3n) is 7.25.